The molecule has 1 aliphatic rings. The molecule has 0 radical (unpaired) electrons. The average Bonchev–Trinajstić information content (AvgIpc) is 2.87. The second-order valence-electron chi connectivity index (χ2n) is 8.72. The van der Waals surface area contributed by atoms with Gasteiger partial charge in [-0.15, -0.1) is 0 Å². The lowest BCUT2D eigenvalue weighted by Crippen LogP contribution is -2.42. The van der Waals surface area contributed by atoms with Crippen molar-refractivity contribution in [2.45, 2.75) is 37.1 Å². The minimum Gasteiger partial charge on any atom is -0.497 e. The maximum atomic E-state index is 13.7. The second kappa shape index (κ2) is 10.8. The molecule has 3 aromatic carbocycles. The number of nitrogens with one attached hydrogen (secondary N) is 1. The number of benzene rings is 3. The van der Waals surface area contributed by atoms with Crippen molar-refractivity contribution in [2.75, 3.05) is 25.1 Å². The van der Waals surface area contributed by atoms with Gasteiger partial charge in [0.05, 0.1) is 35.9 Å². The lowest BCUT2D eigenvalue weighted by atomic mass is 9.87. The Balaban J connectivity index is 1.64. The Morgan fingerprint density at radius 2 is 1.81 bits per heavy atom. The molecule has 0 saturated carbocycles. The van der Waals surface area contributed by atoms with Crippen molar-refractivity contribution in [2.24, 2.45) is 0 Å². The van der Waals surface area contributed by atoms with Gasteiger partial charge in [0.15, 0.2) is 0 Å². The Morgan fingerprint density at radius 3 is 2.47 bits per heavy atom. The van der Waals surface area contributed by atoms with Gasteiger partial charge in [0.25, 0.3) is 10.0 Å². The Kier molecular flexibility index (Phi) is 7.76. The number of rotatable bonds is 8. The number of anilines is 1. The van der Waals surface area contributed by atoms with Crippen molar-refractivity contribution in [3.63, 3.8) is 0 Å². The number of nitrogens with zero attached hydrogens (tertiary/aromatic N) is 1. The molecular weight excluding hydrogens is 500 g/mol. The van der Waals surface area contributed by atoms with Gasteiger partial charge in [-0.1, -0.05) is 35.4 Å². The summed E-state index contributed by atoms with van der Waals surface area (Å²) in [5.74, 6) is 0.769. The number of carbonyl (C=O) groups excluding carboxylic acids is 1. The highest BCUT2D eigenvalue weighted by molar-refractivity contribution is 7.92. The summed E-state index contributed by atoms with van der Waals surface area (Å²) in [6.45, 7) is 1.48. The van der Waals surface area contributed by atoms with Crippen LogP contribution in [-0.4, -0.2) is 35.1 Å². The maximum Gasteiger partial charge on any atom is 0.264 e. The third kappa shape index (κ3) is 5.44. The Hall–Kier alpha value is -3.23. The van der Waals surface area contributed by atoms with Crippen molar-refractivity contribution in [1.82, 2.24) is 5.32 Å². The van der Waals surface area contributed by atoms with Crippen LogP contribution in [0.3, 0.4) is 0 Å². The van der Waals surface area contributed by atoms with Gasteiger partial charge in [-0.05, 0) is 79.8 Å². The quantitative estimate of drug-likeness (QED) is 0.442. The van der Waals surface area contributed by atoms with Gasteiger partial charge in [0.2, 0.25) is 5.91 Å². The van der Waals surface area contributed by atoms with Crippen LogP contribution in [0, 0.1) is 6.92 Å². The summed E-state index contributed by atoms with van der Waals surface area (Å²) in [4.78, 5) is 13.4. The minimum absolute atomic E-state index is 0.0861. The smallest absolute Gasteiger partial charge is 0.264 e. The van der Waals surface area contributed by atoms with E-state index in [0.717, 1.165) is 46.0 Å². The molecule has 0 spiro atoms. The van der Waals surface area contributed by atoms with Crippen LogP contribution in [-0.2, 0) is 21.2 Å². The zero-order valence-corrected chi connectivity index (χ0v) is 22.0. The molecule has 0 bridgehead atoms. The van der Waals surface area contributed by atoms with E-state index in [4.69, 9.17) is 21.1 Å². The van der Waals surface area contributed by atoms with E-state index in [9.17, 15) is 13.2 Å². The molecule has 36 heavy (non-hydrogen) atoms. The van der Waals surface area contributed by atoms with Gasteiger partial charge in [-0.3, -0.25) is 9.10 Å². The number of aryl methyl sites for hydroxylation is 2. The van der Waals surface area contributed by atoms with Crippen molar-refractivity contribution >= 4 is 33.2 Å². The number of amides is 1. The maximum absolute atomic E-state index is 13.7. The average molecular weight is 529 g/mol. The summed E-state index contributed by atoms with van der Waals surface area (Å²) in [7, 11) is -0.954. The van der Waals surface area contributed by atoms with Crippen LogP contribution in [0.15, 0.2) is 65.6 Å². The molecule has 0 fully saturated rings. The third-order valence-electron chi connectivity index (χ3n) is 6.32. The molecule has 9 heteroatoms. The number of carbonyl (C=O) groups is 1. The molecule has 1 amide bonds. The molecule has 1 N–H and O–H groups in total. The molecule has 1 unspecified atom stereocenters. The van der Waals surface area contributed by atoms with Crippen LogP contribution < -0.4 is 19.1 Å². The number of halogens is 1. The molecule has 0 heterocycles. The van der Waals surface area contributed by atoms with Crippen molar-refractivity contribution in [3.8, 4) is 11.5 Å². The highest BCUT2D eigenvalue weighted by Crippen LogP contribution is 2.34. The largest absolute Gasteiger partial charge is 0.497 e. The molecule has 0 aromatic heterocycles. The SMILES string of the molecule is COc1ccc2c(c1)CCCC2NC(=O)CN(c1ccc(OC)c(Cl)c1)S(=O)(=O)c1ccc(C)cc1. The molecule has 0 aliphatic heterocycles. The molecule has 7 nitrogen and oxygen atoms in total. The highest BCUT2D eigenvalue weighted by atomic mass is 35.5. The first-order valence-electron chi connectivity index (χ1n) is 11.6. The molecule has 4 rings (SSSR count). The van der Waals surface area contributed by atoms with Gasteiger partial charge < -0.3 is 14.8 Å². The standard InChI is InChI=1S/C27H29ClN2O5S/c1-18-7-11-22(12-8-18)36(32,33)30(20-9-14-26(35-3)24(28)16-20)17-27(31)29-25-6-4-5-19-15-21(34-2)10-13-23(19)25/h7-16,25H,4-6,17H2,1-3H3,(H,29,31). The van der Waals surface area contributed by atoms with Crippen LogP contribution in [0.5, 0.6) is 11.5 Å². The fourth-order valence-corrected chi connectivity index (χ4v) is 6.07. The Bertz CT molecular complexity index is 1360. The van der Waals surface area contributed by atoms with E-state index in [2.05, 4.69) is 5.32 Å². The van der Waals surface area contributed by atoms with Gasteiger partial charge in [-0.2, -0.15) is 0 Å². The minimum atomic E-state index is -4.06. The van der Waals surface area contributed by atoms with Crippen molar-refractivity contribution in [3.05, 3.63) is 82.4 Å². The predicted molar refractivity (Wildman–Crippen MR) is 141 cm³/mol. The van der Waals surface area contributed by atoms with Crippen LogP contribution in [0.25, 0.3) is 0 Å². The fourth-order valence-electron chi connectivity index (χ4n) is 4.40. The number of methoxy groups -OCH3 is 2. The highest BCUT2D eigenvalue weighted by Gasteiger charge is 2.29. The Labute approximate surface area is 217 Å². The zero-order chi connectivity index (χ0) is 25.9. The van der Waals surface area contributed by atoms with Crippen LogP contribution in [0.1, 0.15) is 35.6 Å². The van der Waals surface area contributed by atoms with Crippen molar-refractivity contribution < 1.29 is 22.7 Å². The first-order valence-corrected chi connectivity index (χ1v) is 13.4. The lowest BCUT2D eigenvalue weighted by Gasteiger charge is -2.29. The summed E-state index contributed by atoms with van der Waals surface area (Å²) in [6, 6.07) is 16.8. The number of hydrogen-bond acceptors (Lipinski definition) is 5. The summed E-state index contributed by atoms with van der Waals surface area (Å²) in [6.07, 6.45) is 2.58. The number of sulfonamides is 1. The second-order valence-corrected chi connectivity index (χ2v) is 11.0. The van der Waals surface area contributed by atoms with E-state index in [1.54, 1.807) is 31.4 Å². The van der Waals surface area contributed by atoms with Crippen LogP contribution in [0.2, 0.25) is 5.02 Å². The monoisotopic (exact) mass is 528 g/mol. The van der Waals surface area contributed by atoms with Crippen molar-refractivity contribution in [1.29, 1.82) is 0 Å². The molecule has 1 aliphatic carbocycles. The Morgan fingerprint density at radius 1 is 1.06 bits per heavy atom. The number of hydrogen-bond donors (Lipinski definition) is 1. The topological polar surface area (TPSA) is 84.9 Å². The summed E-state index contributed by atoms with van der Waals surface area (Å²) in [5.41, 5.74) is 3.34. The van der Waals surface area contributed by atoms with E-state index in [1.807, 2.05) is 25.1 Å². The summed E-state index contributed by atoms with van der Waals surface area (Å²) in [5, 5.41) is 3.28. The molecule has 0 saturated heterocycles. The van der Waals surface area contributed by atoms with Gasteiger partial charge in [0.1, 0.15) is 18.0 Å². The number of fused-ring (bicyclic) bond motifs is 1. The van der Waals surface area contributed by atoms with Gasteiger partial charge in [0, 0.05) is 0 Å². The molecule has 3 aromatic rings. The lowest BCUT2D eigenvalue weighted by molar-refractivity contribution is -0.120. The molecule has 1 atom stereocenters. The van der Waals surface area contributed by atoms with Gasteiger partial charge >= 0.3 is 0 Å². The first-order chi connectivity index (χ1) is 17.2. The molecule has 190 valence electrons. The fraction of sp³-hybridized carbons (Fsp3) is 0.296. The number of ether oxygens (including phenoxy) is 2. The van der Waals surface area contributed by atoms with E-state index in [0.29, 0.717) is 5.75 Å². The third-order valence-corrected chi connectivity index (χ3v) is 8.40. The normalized spacial score (nSPS) is 15.1. The van der Waals surface area contributed by atoms with E-state index < -0.39 is 22.5 Å². The van der Waals surface area contributed by atoms with E-state index in [1.165, 1.54) is 25.3 Å². The van der Waals surface area contributed by atoms with Gasteiger partial charge in [-0.25, -0.2) is 8.42 Å². The zero-order valence-electron chi connectivity index (χ0n) is 20.5. The molecular formula is C27H29ClN2O5S. The summed E-state index contributed by atoms with van der Waals surface area (Å²) < 4.78 is 38.9. The van der Waals surface area contributed by atoms with E-state index in [-0.39, 0.29) is 21.6 Å². The first kappa shape index (κ1) is 25.9. The predicted octanol–water partition coefficient (Wildman–Crippen LogP) is 5.05. The van der Waals surface area contributed by atoms with Crippen LogP contribution in [0.4, 0.5) is 5.69 Å². The summed E-state index contributed by atoms with van der Waals surface area (Å²) >= 11 is 6.31. The van der Waals surface area contributed by atoms with E-state index >= 15 is 0 Å². The van der Waals surface area contributed by atoms with Crippen LogP contribution >= 0.6 is 11.6 Å².